The van der Waals surface area contributed by atoms with Crippen LogP contribution in [-0.2, 0) is 19.9 Å². The zero-order valence-corrected chi connectivity index (χ0v) is 16.5. The van der Waals surface area contributed by atoms with Crippen molar-refractivity contribution in [1.82, 2.24) is 4.31 Å². The molecule has 1 aromatic rings. The smallest absolute Gasteiger partial charge is 0.217 e. The third kappa shape index (κ3) is 4.04. The lowest BCUT2D eigenvalue weighted by atomic mass is 10.0. The average molecular weight is 406 g/mol. The van der Waals surface area contributed by atoms with Crippen LogP contribution >= 0.6 is 11.6 Å². The van der Waals surface area contributed by atoms with Crippen molar-refractivity contribution >= 4 is 31.5 Å². The molecule has 1 aliphatic carbocycles. The van der Waals surface area contributed by atoms with Gasteiger partial charge >= 0.3 is 0 Å². The highest BCUT2D eigenvalue weighted by Gasteiger charge is 2.39. The minimum Gasteiger partial charge on any atom is -0.228 e. The molecule has 1 heterocycles. The van der Waals surface area contributed by atoms with Gasteiger partial charge in [-0.3, -0.25) is 0 Å². The number of benzene rings is 1. The van der Waals surface area contributed by atoms with Gasteiger partial charge in [0, 0.05) is 18.1 Å². The van der Waals surface area contributed by atoms with E-state index in [1.807, 2.05) is 0 Å². The number of nitrogens with zero attached hydrogens (tertiary/aromatic N) is 1. The third-order valence-corrected chi connectivity index (χ3v) is 10.1. The van der Waals surface area contributed by atoms with Crippen molar-refractivity contribution in [2.24, 2.45) is 0 Å². The summed E-state index contributed by atoms with van der Waals surface area (Å²) in [6, 6.07) is 6.91. The van der Waals surface area contributed by atoms with Crippen LogP contribution in [0.1, 0.15) is 49.3 Å². The largest absolute Gasteiger partial charge is 0.228 e. The first-order valence-corrected chi connectivity index (χ1v) is 12.4. The Morgan fingerprint density at radius 2 is 1.68 bits per heavy atom. The van der Waals surface area contributed by atoms with Crippen molar-refractivity contribution in [2.75, 3.05) is 18.8 Å². The van der Waals surface area contributed by atoms with Crippen molar-refractivity contribution in [3.05, 3.63) is 34.9 Å². The Kier molecular flexibility index (Phi) is 5.78. The molecule has 0 aromatic heterocycles. The molecule has 0 bridgehead atoms. The molecule has 1 aliphatic heterocycles. The molecule has 25 heavy (non-hydrogen) atoms. The monoisotopic (exact) mass is 405 g/mol. The van der Waals surface area contributed by atoms with Gasteiger partial charge in [-0.1, -0.05) is 49.1 Å². The van der Waals surface area contributed by atoms with Crippen molar-refractivity contribution in [1.29, 1.82) is 0 Å². The highest BCUT2D eigenvalue weighted by atomic mass is 35.5. The summed E-state index contributed by atoms with van der Waals surface area (Å²) in [5.74, 6) is -0.158. The molecule has 0 N–H and O–H groups in total. The van der Waals surface area contributed by atoms with Gasteiger partial charge in [-0.25, -0.2) is 21.1 Å². The second-order valence-corrected chi connectivity index (χ2v) is 11.8. The fourth-order valence-corrected chi connectivity index (χ4v) is 8.16. The minimum atomic E-state index is -3.45. The van der Waals surface area contributed by atoms with E-state index in [0.717, 1.165) is 19.3 Å². The topological polar surface area (TPSA) is 71.5 Å². The van der Waals surface area contributed by atoms with Gasteiger partial charge in [0.25, 0.3) is 0 Å². The first kappa shape index (κ1) is 19.1. The van der Waals surface area contributed by atoms with Crippen LogP contribution in [0.5, 0.6) is 0 Å². The van der Waals surface area contributed by atoms with E-state index in [1.165, 1.54) is 4.31 Å². The van der Waals surface area contributed by atoms with Crippen LogP contribution in [0.3, 0.4) is 0 Å². The quantitative estimate of drug-likeness (QED) is 0.774. The summed E-state index contributed by atoms with van der Waals surface area (Å²) >= 11 is 6.19. The van der Waals surface area contributed by atoms with Gasteiger partial charge < -0.3 is 0 Å². The second-order valence-electron chi connectivity index (χ2n) is 6.87. The summed E-state index contributed by atoms with van der Waals surface area (Å²) < 4.78 is 52.7. The molecule has 0 spiro atoms. The van der Waals surface area contributed by atoms with E-state index >= 15 is 0 Å². The van der Waals surface area contributed by atoms with E-state index in [-0.39, 0.29) is 30.5 Å². The number of hydrogen-bond donors (Lipinski definition) is 0. The maximum absolute atomic E-state index is 12.9. The van der Waals surface area contributed by atoms with Gasteiger partial charge in [0.15, 0.2) is 9.84 Å². The first-order valence-electron chi connectivity index (χ1n) is 8.77. The zero-order valence-electron chi connectivity index (χ0n) is 14.1. The van der Waals surface area contributed by atoms with Gasteiger partial charge in [-0.2, -0.15) is 0 Å². The molecule has 1 atom stereocenters. The lowest BCUT2D eigenvalue weighted by Crippen LogP contribution is -2.41. The Hall–Kier alpha value is -0.630. The fraction of sp³-hybridized carbons (Fsp3) is 0.647. The predicted molar refractivity (Wildman–Crippen MR) is 100.0 cm³/mol. The average Bonchev–Trinajstić information content (AvgIpc) is 2.75. The summed E-state index contributed by atoms with van der Waals surface area (Å²) in [6.07, 6.45) is 4.54. The molecular formula is C17H24ClNO4S2. The van der Waals surface area contributed by atoms with Gasteiger partial charge in [0.05, 0.1) is 16.3 Å². The molecule has 5 nitrogen and oxygen atoms in total. The summed E-state index contributed by atoms with van der Waals surface area (Å²) in [5, 5.41) is -0.687. The summed E-state index contributed by atoms with van der Waals surface area (Å²) in [4.78, 5) is 0. The Morgan fingerprint density at radius 3 is 2.36 bits per heavy atom. The molecule has 2 aliphatic rings. The maximum Gasteiger partial charge on any atom is 0.217 e. The molecule has 1 aromatic carbocycles. The molecule has 140 valence electrons. The normalized spacial score (nSPS) is 26.2. The molecule has 1 unspecified atom stereocenters. The Morgan fingerprint density at radius 1 is 1.00 bits per heavy atom. The Labute approximate surface area is 155 Å². The molecule has 2 fully saturated rings. The lowest BCUT2D eigenvalue weighted by Gasteiger charge is -2.28. The number of rotatable bonds is 3. The van der Waals surface area contributed by atoms with E-state index in [9.17, 15) is 16.8 Å². The Bertz CT molecular complexity index is 817. The van der Waals surface area contributed by atoms with Crippen LogP contribution < -0.4 is 0 Å². The number of halogens is 1. The Balaban J connectivity index is 1.84. The van der Waals surface area contributed by atoms with E-state index in [0.29, 0.717) is 23.4 Å². The maximum atomic E-state index is 12.9. The van der Waals surface area contributed by atoms with E-state index in [4.69, 9.17) is 11.6 Å². The molecule has 0 radical (unpaired) electrons. The van der Waals surface area contributed by atoms with Crippen molar-refractivity contribution in [3.63, 3.8) is 0 Å². The van der Waals surface area contributed by atoms with Crippen molar-refractivity contribution < 1.29 is 16.8 Å². The second kappa shape index (κ2) is 7.55. The van der Waals surface area contributed by atoms with E-state index in [1.54, 1.807) is 24.3 Å². The summed E-state index contributed by atoms with van der Waals surface area (Å²) in [6.45, 7) is 0.274. The van der Waals surface area contributed by atoms with Crippen LogP contribution in [0.25, 0.3) is 0 Å². The predicted octanol–water partition coefficient (Wildman–Crippen LogP) is 3.16. The van der Waals surface area contributed by atoms with E-state index in [2.05, 4.69) is 0 Å². The molecule has 1 saturated carbocycles. The number of sulfonamides is 1. The minimum absolute atomic E-state index is 0.0438. The summed E-state index contributed by atoms with van der Waals surface area (Å²) in [5.41, 5.74) is 0.570. The number of sulfone groups is 1. The van der Waals surface area contributed by atoms with Crippen LogP contribution in [0, 0.1) is 0 Å². The van der Waals surface area contributed by atoms with Crippen LogP contribution in [0.15, 0.2) is 24.3 Å². The van der Waals surface area contributed by atoms with Crippen LogP contribution in [0.4, 0.5) is 0 Å². The lowest BCUT2D eigenvalue weighted by molar-refractivity contribution is 0.399. The third-order valence-electron chi connectivity index (χ3n) is 5.28. The highest BCUT2D eigenvalue weighted by molar-refractivity contribution is 7.92. The zero-order chi connectivity index (χ0) is 18.1. The molecule has 8 heteroatoms. The van der Waals surface area contributed by atoms with Gasteiger partial charge in [-0.15, -0.1) is 0 Å². The van der Waals surface area contributed by atoms with Gasteiger partial charge in [0.1, 0.15) is 0 Å². The van der Waals surface area contributed by atoms with E-state index < -0.39 is 25.1 Å². The molecule has 1 saturated heterocycles. The van der Waals surface area contributed by atoms with Crippen molar-refractivity contribution in [2.45, 2.75) is 49.0 Å². The first-order chi connectivity index (χ1) is 11.8. The van der Waals surface area contributed by atoms with Crippen molar-refractivity contribution in [3.8, 4) is 0 Å². The highest BCUT2D eigenvalue weighted by Crippen LogP contribution is 2.35. The van der Waals surface area contributed by atoms with Gasteiger partial charge in [-0.05, 0) is 30.9 Å². The standard InChI is InChI=1S/C17H24ClNO4S2/c18-16-9-5-4-8-15(16)17-10-11-19(12-13-24(17,20)21)25(22,23)14-6-2-1-3-7-14/h4-5,8-9,14,17H,1-3,6-7,10-13H2. The molecular weight excluding hydrogens is 382 g/mol. The molecule has 0 amide bonds. The SMILES string of the molecule is O=S1(=O)CCN(S(=O)(=O)C2CCCCC2)CCC1c1ccccc1Cl. The molecule has 3 rings (SSSR count). The summed E-state index contributed by atoms with van der Waals surface area (Å²) in [7, 11) is -6.89. The van der Waals surface area contributed by atoms with Gasteiger partial charge in [0.2, 0.25) is 10.0 Å². The number of hydrogen-bond acceptors (Lipinski definition) is 4. The van der Waals surface area contributed by atoms with Crippen LogP contribution in [-0.4, -0.2) is 45.2 Å². The fourth-order valence-electron chi connectivity index (χ4n) is 3.84. The van der Waals surface area contributed by atoms with Crippen LogP contribution in [0.2, 0.25) is 5.02 Å².